The summed E-state index contributed by atoms with van der Waals surface area (Å²) in [5, 5.41) is 11.4. The Morgan fingerprint density at radius 2 is 2.24 bits per heavy atom. The molecule has 6 nitrogen and oxygen atoms in total. The van der Waals surface area contributed by atoms with Gasteiger partial charge in [-0.15, -0.1) is 10.2 Å². The predicted octanol–water partition coefficient (Wildman–Crippen LogP) is 0.526. The first kappa shape index (κ1) is 11.3. The molecule has 0 saturated heterocycles. The number of nitrogens with zero attached hydrogens (tertiary/aromatic N) is 4. The molecule has 6 heteroatoms. The molecule has 17 heavy (non-hydrogen) atoms. The highest BCUT2D eigenvalue weighted by Gasteiger charge is 2.13. The summed E-state index contributed by atoms with van der Waals surface area (Å²) < 4.78 is 0. The van der Waals surface area contributed by atoms with Gasteiger partial charge in [-0.3, -0.25) is 4.79 Å². The Morgan fingerprint density at radius 3 is 2.88 bits per heavy atom. The maximum Gasteiger partial charge on any atom is 0.182 e. The van der Waals surface area contributed by atoms with Gasteiger partial charge in [-0.1, -0.05) is 12.1 Å². The molecule has 88 valence electrons. The van der Waals surface area contributed by atoms with Gasteiger partial charge in [0.15, 0.2) is 11.6 Å². The highest BCUT2D eigenvalue weighted by atomic mass is 16.1. The van der Waals surface area contributed by atoms with Crippen LogP contribution in [-0.2, 0) is 13.5 Å². The molecular weight excluding hydrogens is 218 g/mol. The van der Waals surface area contributed by atoms with Crippen LogP contribution in [-0.4, -0.2) is 26.0 Å². The van der Waals surface area contributed by atoms with Crippen LogP contribution in [0.2, 0.25) is 0 Å². The smallest absolute Gasteiger partial charge is 0.182 e. The van der Waals surface area contributed by atoms with E-state index in [0.717, 1.165) is 5.56 Å². The first-order valence-electron chi connectivity index (χ1n) is 5.19. The first-order chi connectivity index (χ1) is 8.08. The van der Waals surface area contributed by atoms with E-state index < -0.39 is 0 Å². The number of nitrogens with two attached hydrogens (primary N) is 1. The minimum absolute atomic E-state index is 0.0530. The Morgan fingerprint density at radius 1 is 1.47 bits per heavy atom. The number of carbonyl (C=O) groups is 1. The number of aromatic nitrogens is 4. The van der Waals surface area contributed by atoms with Gasteiger partial charge in [0.05, 0.1) is 13.5 Å². The Labute approximate surface area is 98.4 Å². The monoisotopic (exact) mass is 231 g/mol. The molecular formula is C11H13N5O. The average molecular weight is 231 g/mol. The minimum atomic E-state index is -0.0530. The summed E-state index contributed by atoms with van der Waals surface area (Å²) in [6, 6.07) is 5.29. The van der Waals surface area contributed by atoms with Crippen molar-refractivity contribution < 1.29 is 4.79 Å². The maximum atomic E-state index is 12.0. The van der Waals surface area contributed by atoms with Crippen LogP contribution in [0.1, 0.15) is 21.7 Å². The molecule has 0 fully saturated rings. The van der Waals surface area contributed by atoms with E-state index in [1.54, 1.807) is 25.2 Å². The Balaban J connectivity index is 2.23. The van der Waals surface area contributed by atoms with Crippen LogP contribution in [0.4, 0.5) is 5.69 Å². The Hall–Kier alpha value is -2.24. The summed E-state index contributed by atoms with van der Waals surface area (Å²) in [4.78, 5) is 13.4. The molecule has 0 saturated carbocycles. The second-order valence-corrected chi connectivity index (χ2v) is 3.81. The molecule has 0 atom stereocenters. The third-order valence-corrected chi connectivity index (χ3v) is 2.54. The van der Waals surface area contributed by atoms with Crippen LogP contribution in [0, 0.1) is 6.92 Å². The van der Waals surface area contributed by atoms with Crippen LogP contribution in [0.25, 0.3) is 0 Å². The SMILES string of the molecule is Cc1c(N)cccc1C(=O)Cc1nnn(C)n1. The van der Waals surface area contributed by atoms with Gasteiger partial charge in [-0.25, -0.2) is 0 Å². The maximum absolute atomic E-state index is 12.0. The number of nitrogen functional groups attached to an aromatic ring is 1. The average Bonchev–Trinajstić information content (AvgIpc) is 2.68. The molecule has 2 N–H and O–H groups in total. The van der Waals surface area contributed by atoms with Gasteiger partial charge >= 0.3 is 0 Å². The molecule has 0 aliphatic rings. The second-order valence-electron chi connectivity index (χ2n) is 3.81. The van der Waals surface area contributed by atoms with Gasteiger partial charge < -0.3 is 5.73 Å². The van der Waals surface area contributed by atoms with Gasteiger partial charge in [0.1, 0.15) is 0 Å². The fraction of sp³-hybridized carbons (Fsp3) is 0.273. The number of Topliss-reactive ketones (excluding diaryl/α,β-unsaturated/α-hetero) is 1. The summed E-state index contributed by atoms with van der Waals surface area (Å²) >= 11 is 0. The predicted molar refractivity (Wildman–Crippen MR) is 62.4 cm³/mol. The third-order valence-electron chi connectivity index (χ3n) is 2.54. The molecule has 0 radical (unpaired) electrons. The summed E-state index contributed by atoms with van der Waals surface area (Å²) in [7, 11) is 1.66. The highest BCUT2D eigenvalue weighted by molar-refractivity contribution is 5.99. The fourth-order valence-electron chi connectivity index (χ4n) is 1.59. The van der Waals surface area contributed by atoms with Crippen LogP contribution in [0.3, 0.4) is 0 Å². The topological polar surface area (TPSA) is 86.7 Å². The summed E-state index contributed by atoms with van der Waals surface area (Å²) in [5.41, 5.74) is 7.77. The van der Waals surface area contributed by atoms with E-state index in [0.29, 0.717) is 17.1 Å². The van der Waals surface area contributed by atoms with Crippen molar-refractivity contribution in [2.75, 3.05) is 5.73 Å². The van der Waals surface area contributed by atoms with Gasteiger partial charge in [-0.2, -0.15) is 4.80 Å². The van der Waals surface area contributed by atoms with E-state index in [1.807, 2.05) is 6.92 Å². The summed E-state index contributed by atoms with van der Waals surface area (Å²) in [6.07, 6.45) is 0.137. The molecule has 0 spiro atoms. The quantitative estimate of drug-likeness (QED) is 0.615. The lowest BCUT2D eigenvalue weighted by atomic mass is 10.0. The van der Waals surface area contributed by atoms with E-state index in [2.05, 4.69) is 15.4 Å². The van der Waals surface area contributed by atoms with E-state index >= 15 is 0 Å². The number of ketones is 1. The molecule has 2 rings (SSSR count). The molecule has 1 aromatic heterocycles. The number of hydrogen-bond acceptors (Lipinski definition) is 5. The zero-order valence-corrected chi connectivity index (χ0v) is 9.71. The minimum Gasteiger partial charge on any atom is -0.398 e. The Bertz CT molecular complexity index is 561. The number of hydrogen-bond donors (Lipinski definition) is 1. The van der Waals surface area contributed by atoms with Crippen molar-refractivity contribution in [3.63, 3.8) is 0 Å². The van der Waals surface area contributed by atoms with Crippen molar-refractivity contribution in [1.29, 1.82) is 0 Å². The summed E-state index contributed by atoms with van der Waals surface area (Å²) in [5.74, 6) is 0.363. The fourth-order valence-corrected chi connectivity index (χ4v) is 1.59. The zero-order chi connectivity index (χ0) is 12.4. The van der Waals surface area contributed by atoms with Crippen LogP contribution < -0.4 is 5.73 Å². The molecule has 0 aliphatic carbocycles. The van der Waals surface area contributed by atoms with Gasteiger partial charge in [0.25, 0.3) is 0 Å². The van der Waals surface area contributed by atoms with Gasteiger partial charge in [0, 0.05) is 11.3 Å². The molecule has 2 aromatic rings. The van der Waals surface area contributed by atoms with E-state index in [-0.39, 0.29) is 12.2 Å². The van der Waals surface area contributed by atoms with Crippen LogP contribution in [0.5, 0.6) is 0 Å². The van der Waals surface area contributed by atoms with Crippen LogP contribution in [0.15, 0.2) is 18.2 Å². The molecule has 0 unspecified atom stereocenters. The van der Waals surface area contributed by atoms with Crippen LogP contribution >= 0.6 is 0 Å². The molecule has 1 aromatic carbocycles. The number of anilines is 1. The summed E-state index contributed by atoms with van der Waals surface area (Å²) in [6.45, 7) is 1.83. The Kier molecular flexibility index (Phi) is 2.86. The lowest BCUT2D eigenvalue weighted by Crippen LogP contribution is -2.08. The number of tetrazole rings is 1. The van der Waals surface area contributed by atoms with Crippen molar-refractivity contribution in [3.05, 3.63) is 35.2 Å². The van der Waals surface area contributed by atoms with Crippen molar-refractivity contribution in [3.8, 4) is 0 Å². The number of carbonyl (C=O) groups excluding carboxylic acids is 1. The first-order valence-corrected chi connectivity index (χ1v) is 5.19. The number of aryl methyl sites for hydroxylation is 1. The van der Waals surface area contributed by atoms with Gasteiger partial charge in [0.2, 0.25) is 0 Å². The normalized spacial score (nSPS) is 10.5. The molecule has 0 bridgehead atoms. The lowest BCUT2D eigenvalue weighted by Gasteiger charge is -2.05. The van der Waals surface area contributed by atoms with Crippen molar-refractivity contribution in [1.82, 2.24) is 20.2 Å². The van der Waals surface area contributed by atoms with Gasteiger partial charge in [-0.05, 0) is 23.8 Å². The largest absolute Gasteiger partial charge is 0.398 e. The molecule has 0 aliphatic heterocycles. The number of benzene rings is 1. The van der Waals surface area contributed by atoms with E-state index in [4.69, 9.17) is 5.73 Å². The standard InChI is InChI=1S/C11H13N5O/c1-7-8(4-3-5-9(7)12)10(17)6-11-13-15-16(2)14-11/h3-5H,6,12H2,1-2H3. The van der Waals surface area contributed by atoms with Crippen molar-refractivity contribution in [2.45, 2.75) is 13.3 Å². The highest BCUT2D eigenvalue weighted by Crippen LogP contribution is 2.16. The molecule has 1 heterocycles. The van der Waals surface area contributed by atoms with Crippen molar-refractivity contribution in [2.24, 2.45) is 7.05 Å². The second kappa shape index (κ2) is 4.32. The van der Waals surface area contributed by atoms with E-state index in [9.17, 15) is 4.79 Å². The number of rotatable bonds is 3. The third kappa shape index (κ3) is 2.30. The lowest BCUT2D eigenvalue weighted by molar-refractivity contribution is 0.0990. The van der Waals surface area contributed by atoms with Crippen molar-refractivity contribution >= 4 is 11.5 Å². The zero-order valence-electron chi connectivity index (χ0n) is 9.71. The molecule has 0 amide bonds. The van der Waals surface area contributed by atoms with E-state index in [1.165, 1.54) is 4.80 Å².